The predicted molar refractivity (Wildman–Crippen MR) is 88.6 cm³/mol. The van der Waals surface area contributed by atoms with Crippen LogP contribution in [0.1, 0.15) is 30.6 Å². The highest BCUT2D eigenvalue weighted by molar-refractivity contribution is 5.94. The van der Waals surface area contributed by atoms with E-state index >= 15 is 0 Å². The van der Waals surface area contributed by atoms with Gasteiger partial charge in [0.15, 0.2) is 5.78 Å². The molecule has 1 N–H and O–H groups in total. The summed E-state index contributed by atoms with van der Waals surface area (Å²) < 4.78 is 0. The van der Waals surface area contributed by atoms with Crippen LogP contribution in [0.15, 0.2) is 24.3 Å². The molecule has 0 spiro atoms. The Kier molecular flexibility index (Phi) is 7.05. The predicted octanol–water partition coefficient (Wildman–Crippen LogP) is 2.37. The molecule has 0 aromatic heterocycles. The fraction of sp³-hybridized carbons (Fsp3) is 0.529. The Balaban J connectivity index is 2.82. The van der Waals surface area contributed by atoms with Crippen molar-refractivity contribution in [3.05, 3.63) is 29.8 Å². The lowest BCUT2D eigenvalue weighted by Crippen LogP contribution is -2.34. The summed E-state index contributed by atoms with van der Waals surface area (Å²) in [6.07, 6.45) is 0.952. The van der Waals surface area contributed by atoms with E-state index in [0.29, 0.717) is 12.1 Å². The lowest BCUT2D eigenvalue weighted by Gasteiger charge is -2.27. The number of aliphatic carboxylic acids is 1. The maximum absolute atomic E-state index is 11.3. The van der Waals surface area contributed by atoms with E-state index in [1.54, 1.807) is 19.1 Å². The van der Waals surface area contributed by atoms with Crippen molar-refractivity contribution in [2.24, 2.45) is 5.92 Å². The van der Waals surface area contributed by atoms with Gasteiger partial charge in [-0.3, -0.25) is 9.59 Å². The molecule has 5 heteroatoms. The minimum atomic E-state index is -0.794. The van der Waals surface area contributed by atoms with Crippen molar-refractivity contribution in [2.45, 2.75) is 20.3 Å². The van der Waals surface area contributed by atoms with Gasteiger partial charge in [-0.1, -0.05) is 6.92 Å². The summed E-state index contributed by atoms with van der Waals surface area (Å²) in [6, 6.07) is 7.37. The molecule has 1 unspecified atom stereocenters. The average Bonchev–Trinajstić information content (AvgIpc) is 2.45. The number of carbonyl (C=O) groups excluding carboxylic acids is 1. The van der Waals surface area contributed by atoms with Gasteiger partial charge in [0, 0.05) is 24.3 Å². The van der Waals surface area contributed by atoms with Crippen molar-refractivity contribution in [2.75, 3.05) is 38.6 Å². The van der Waals surface area contributed by atoms with Gasteiger partial charge in [-0.25, -0.2) is 0 Å². The SMILES string of the molecule is CC(=O)c1ccc(N(CCCN(C)C)CC(C)C(=O)O)cc1. The van der Waals surface area contributed by atoms with E-state index < -0.39 is 11.9 Å². The van der Waals surface area contributed by atoms with Crippen molar-refractivity contribution in [1.29, 1.82) is 0 Å². The zero-order valence-electron chi connectivity index (χ0n) is 13.9. The number of rotatable bonds is 9. The summed E-state index contributed by atoms with van der Waals surface area (Å²) in [4.78, 5) is 26.6. The van der Waals surface area contributed by atoms with Crippen molar-refractivity contribution in [3.8, 4) is 0 Å². The third kappa shape index (κ3) is 5.85. The highest BCUT2D eigenvalue weighted by Gasteiger charge is 2.16. The maximum Gasteiger partial charge on any atom is 0.308 e. The summed E-state index contributed by atoms with van der Waals surface area (Å²) in [5.41, 5.74) is 1.63. The number of carboxylic acids is 1. The smallest absolute Gasteiger partial charge is 0.308 e. The zero-order chi connectivity index (χ0) is 16.7. The van der Waals surface area contributed by atoms with Crippen LogP contribution in [0.3, 0.4) is 0 Å². The second-order valence-electron chi connectivity index (χ2n) is 5.95. The molecule has 0 fully saturated rings. The molecule has 1 atom stereocenters. The molecule has 1 rings (SSSR count). The number of nitrogens with zero attached hydrogens (tertiary/aromatic N) is 2. The number of hydrogen-bond acceptors (Lipinski definition) is 4. The van der Waals surface area contributed by atoms with Crippen molar-refractivity contribution in [1.82, 2.24) is 4.90 Å². The van der Waals surface area contributed by atoms with E-state index in [2.05, 4.69) is 9.80 Å². The van der Waals surface area contributed by atoms with Crippen LogP contribution >= 0.6 is 0 Å². The van der Waals surface area contributed by atoms with E-state index in [1.165, 1.54) is 6.92 Å². The van der Waals surface area contributed by atoms with Crippen LogP contribution in [0.25, 0.3) is 0 Å². The second-order valence-corrected chi connectivity index (χ2v) is 5.95. The Morgan fingerprint density at radius 2 is 1.73 bits per heavy atom. The van der Waals surface area contributed by atoms with Gasteiger partial charge >= 0.3 is 5.97 Å². The van der Waals surface area contributed by atoms with Crippen molar-refractivity contribution >= 4 is 17.4 Å². The van der Waals surface area contributed by atoms with E-state index in [9.17, 15) is 9.59 Å². The van der Waals surface area contributed by atoms with Crippen LogP contribution in [0, 0.1) is 5.92 Å². The van der Waals surface area contributed by atoms with Gasteiger partial charge in [0.1, 0.15) is 0 Å². The molecule has 122 valence electrons. The summed E-state index contributed by atoms with van der Waals surface area (Å²) in [7, 11) is 4.04. The summed E-state index contributed by atoms with van der Waals surface area (Å²) in [5.74, 6) is -1.20. The molecular weight excluding hydrogens is 280 g/mol. The van der Waals surface area contributed by atoms with Crippen LogP contribution in [-0.4, -0.2) is 55.5 Å². The third-order valence-corrected chi connectivity index (χ3v) is 3.59. The first-order chi connectivity index (χ1) is 10.3. The number of benzene rings is 1. The minimum absolute atomic E-state index is 0.0320. The molecule has 5 nitrogen and oxygen atoms in total. The lowest BCUT2D eigenvalue weighted by molar-refractivity contribution is -0.140. The van der Waals surface area contributed by atoms with E-state index in [4.69, 9.17) is 5.11 Å². The number of carboxylic acid groups (broad SMARTS) is 1. The fourth-order valence-electron chi connectivity index (χ4n) is 2.22. The molecular formula is C17H26N2O3. The zero-order valence-corrected chi connectivity index (χ0v) is 13.9. The van der Waals surface area contributed by atoms with Crippen LogP contribution in [0.2, 0.25) is 0 Å². The van der Waals surface area contributed by atoms with E-state index in [1.807, 2.05) is 26.2 Å². The number of anilines is 1. The molecule has 1 aromatic rings. The van der Waals surface area contributed by atoms with Crippen molar-refractivity contribution in [3.63, 3.8) is 0 Å². The third-order valence-electron chi connectivity index (χ3n) is 3.59. The first-order valence-corrected chi connectivity index (χ1v) is 7.54. The Labute approximate surface area is 132 Å². The number of hydrogen-bond donors (Lipinski definition) is 1. The highest BCUT2D eigenvalue weighted by Crippen LogP contribution is 2.18. The molecule has 0 aliphatic heterocycles. The van der Waals surface area contributed by atoms with Crippen LogP contribution in [0.4, 0.5) is 5.69 Å². The van der Waals surface area contributed by atoms with Crippen LogP contribution in [-0.2, 0) is 4.79 Å². The highest BCUT2D eigenvalue weighted by atomic mass is 16.4. The monoisotopic (exact) mass is 306 g/mol. The van der Waals surface area contributed by atoms with Crippen LogP contribution < -0.4 is 4.90 Å². The summed E-state index contributed by atoms with van der Waals surface area (Å²) in [5, 5.41) is 9.13. The molecule has 22 heavy (non-hydrogen) atoms. The number of ketones is 1. The Morgan fingerprint density at radius 3 is 2.18 bits per heavy atom. The number of Topliss-reactive ketones (excluding diaryl/α,β-unsaturated/α-hetero) is 1. The quantitative estimate of drug-likeness (QED) is 0.710. The Bertz CT molecular complexity index is 497. The van der Waals surface area contributed by atoms with Crippen LogP contribution in [0.5, 0.6) is 0 Å². The van der Waals surface area contributed by atoms with Gasteiger partial charge in [-0.2, -0.15) is 0 Å². The van der Waals surface area contributed by atoms with E-state index in [0.717, 1.165) is 25.2 Å². The van der Waals surface area contributed by atoms with Gasteiger partial charge in [-0.15, -0.1) is 0 Å². The minimum Gasteiger partial charge on any atom is -0.481 e. The largest absolute Gasteiger partial charge is 0.481 e. The molecule has 0 aliphatic rings. The fourth-order valence-corrected chi connectivity index (χ4v) is 2.22. The molecule has 1 aromatic carbocycles. The molecule has 0 bridgehead atoms. The van der Waals surface area contributed by atoms with E-state index in [-0.39, 0.29) is 5.78 Å². The van der Waals surface area contributed by atoms with Crippen molar-refractivity contribution < 1.29 is 14.7 Å². The van der Waals surface area contributed by atoms with Gasteiger partial charge in [0.05, 0.1) is 5.92 Å². The normalized spacial score (nSPS) is 12.2. The first kappa shape index (κ1) is 18.2. The molecule has 0 saturated heterocycles. The average molecular weight is 306 g/mol. The summed E-state index contributed by atoms with van der Waals surface area (Å²) >= 11 is 0. The standard InChI is InChI=1S/C17H26N2O3/c1-13(17(21)22)12-19(11-5-10-18(3)4)16-8-6-15(7-9-16)14(2)20/h6-9,13H,5,10-12H2,1-4H3,(H,21,22). The topological polar surface area (TPSA) is 60.9 Å². The summed E-state index contributed by atoms with van der Waals surface area (Å²) in [6.45, 7) is 5.45. The maximum atomic E-state index is 11.3. The molecule has 0 aliphatic carbocycles. The number of carbonyl (C=O) groups is 2. The second kappa shape index (κ2) is 8.54. The Hall–Kier alpha value is -1.88. The lowest BCUT2D eigenvalue weighted by atomic mass is 10.1. The van der Waals surface area contributed by atoms with Gasteiger partial charge < -0.3 is 14.9 Å². The molecule has 0 heterocycles. The first-order valence-electron chi connectivity index (χ1n) is 7.54. The molecule has 0 radical (unpaired) electrons. The van der Waals surface area contributed by atoms with Gasteiger partial charge in [-0.05, 0) is 58.3 Å². The van der Waals surface area contributed by atoms with Gasteiger partial charge in [0.25, 0.3) is 0 Å². The molecule has 0 amide bonds. The van der Waals surface area contributed by atoms with Gasteiger partial charge in [0.2, 0.25) is 0 Å². The Morgan fingerprint density at radius 1 is 1.14 bits per heavy atom. The molecule has 0 saturated carbocycles.